The number of carbonyl (C=O) groups is 3. The Labute approximate surface area is 106 Å². The molecule has 1 saturated heterocycles. The standard InChI is InChI=1S/C12H18N2O4/c1-8(12(17)18-3)6-7-13-9-4-5-10(15)14(2)11(9)16/h6,9,13H,4-5,7H2,1-3H3. The van der Waals surface area contributed by atoms with E-state index in [9.17, 15) is 14.4 Å². The fourth-order valence-corrected chi connectivity index (χ4v) is 1.70. The van der Waals surface area contributed by atoms with Crippen LogP contribution in [0.4, 0.5) is 0 Å². The summed E-state index contributed by atoms with van der Waals surface area (Å²) in [5.41, 5.74) is 0.484. The molecule has 1 atom stereocenters. The van der Waals surface area contributed by atoms with Gasteiger partial charge in [-0.05, 0) is 13.3 Å². The minimum Gasteiger partial charge on any atom is -0.466 e. The van der Waals surface area contributed by atoms with E-state index in [4.69, 9.17) is 0 Å². The summed E-state index contributed by atoms with van der Waals surface area (Å²) in [6, 6.07) is -0.366. The maximum atomic E-state index is 11.7. The second kappa shape index (κ2) is 6.30. The van der Waals surface area contributed by atoms with Crippen LogP contribution in [0, 0.1) is 0 Å². The summed E-state index contributed by atoms with van der Waals surface area (Å²) >= 11 is 0. The Morgan fingerprint density at radius 3 is 2.83 bits per heavy atom. The lowest BCUT2D eigenvalue weighted by Crippen LogP contribution is -2.51. The number of carbonyl (C=O) groups excluding carboxylic acids is 3. The van der Waals surface area contributed by atoms with Crippen LogP contribution in [0.15, 0.2) is 11.6 Å². The third-order valence-corrected chi connectivity index (χ3v) is 2.93. The third kappa shape index (κ3) is 3.40. The van der Waals surface area contributed by atoms with Crippen molar-refractivity contribution in [1.29, 1.82) is 0 Å². The van der Waals surface area contributed by atoms with Crippen LogP contribution in [0.2, 0.25) is 0 Å². The normalized spacial score (nSPS) is 21.2. The van der Waals surface area contributed by atoms with Crippen molar-refractivity contribution >= 4 is 17.8 Å². The van der Waals surface area contributed by atoms with Gasteiger partial charge in [0.2, 0.25) is 11.8 Å². The fraction of sp³-hybridized carbons (Fsp3) is 0.583. The highest BCUT2D eigenvalue weighted by Gasteiger charge is 2.30. The number of esters is 1. The topological polar surface area (TPSA) is 75.7 Å². The molecule has 0 saturated carbocycles. The van der Waals surface area contributed by atoms with Crippen LogP contribution in [0.25, 0.3) is 0 Å². The largest absolute Gasteiger partial charge is 0.466 e. The summed E-state index contributed by atoms with van der Waals surface area (Å²) in [4.78, 5) is 35.2. The molecule has 0 aromatic carbocycles. The van der Waals surface area contributed by atoms with E-state index in [1.165, 1.54) is 14.2 Å². The molecule has 0 bridgehead atoms. The summed E-state index contributed by atoms with van der Waals surface area (Å²) in [7, 11) is 2.80. The lowest BCUT2D eigenvalue weighted by molar-refractivity contribution is -0.148. The van der Waals surface area contributed by atoms with Crippen LogP contribution in [0.1, 0.15) is 19.8 Å². The first-order chi connectivity index (χ1) is 8.47. The van der Waals surface area contributed by atoms with Gasteiger partial charge in [-0.3, -0.25) is 14.5 Å². The molecule has 1 heterocycles. The monoisotopic (exact) mass is 254 g/mol. The van der Waals surface area contributed by atoms with Crippen molar-refractivity contribution in [3.05, 3.63) is 11.6 Å². The quantitative estimate of drug-likeness (QED) is 0.429. The third-order valence-electron chi connectivity index (χ3n) is 2.93. The number of rotatable bonds is 4. The number of nitrogens with one attached hydrogen (secondary N) is 1. The predicted octanol–water partition coefficient (Wildman–Crippen LogP) is -0.157. The molecule has 0 spiro atoms. The van der Waals surface area contributed by atoms with Gasteiger partial charge in [0.05, 0.1) is 13.2 Å². The van der Waals surface area contributed by atoms with Gasteiger partial charge >= 0.3 is 5.97 Å². The van der Waals surface area contributed by atoms with Gasteiger partial charge in [-0.2, -0.15) is 0 Å². The molecule has 18 heavy (non-hydrogen) atoms. The van der Waals surface area contributed by atoms with Crippen molar-refractivity contribution in [2.24, 2.45) is 0 Å². The number of nitrogens with zero attached hydrogens (tertiary/aromatic N) is 1. The van der Waals surface area contributed by atoms with Crippen LogP contribution < -0.4 is 5.32 Å². The van der Waals surface area contributed by atoms with Gasteiger partial charge in [0.1, 0.15) is 0 Å². The number of hydrogen-bond donors (Lipinski definition) is 1. The minimum absolute atomic E-state index is 0.153. The van der Waals surface area contributed by atoms with E-state index < -0.39 is 0 Å². The van der Waals surface area contributed by atoms with Gasteiger partial charge in [0, 0.05) is 25.6 Å². The summed E-state index contributed by atoms with van der Waals surface area (Å²) in [6.45, 7) is 2.03. The Morgan fingerprint density at radius 1 is 1.56 bits per heavy atom. The number of amides is 2. The lowest BCUT2D eigenvalue weighted by atomic mass is 10.0. The molecule has 0 aromatic rings. The first kappa shape index (κ1) is 14.4. The van der Waals surface area contributed by atoms with E-state index in [1.54, 1.807) is 13.0 Å². The number of likely N-dealkylation sites (tertiary alicyclic amines) is 1. The second-order valence-electron chi connectivity index (χ2n) is 4.17. The highest BCUT2D eigenvalue weighted by Crippen LogP contribution is 2.11. The second-order valence-corrected chi connectivity index (χ2v) is 4.17. The van der Waals surface area contributed by atoms with Crippen LogP contribution in [0.5, 0.6) is 0 Å². The van der Waals surface area contributed by atoms with E-state index in [1.807, 2.05) is 0 Å². The van der Waals surface area contributed by atoms with Crippen molar-refractivity contribution in [2.75, 3.05) is 20.7 Å². The molecule has 0 radical (unpaired) electrons. The highest BCUT2D eigenvalue weighted by atomic mass is 16.5. The minimum atomic E-state index is -0.390. The van der Waals surface area contributed by atoms with Crippen molar-refractivity contribution < 1.29 is 19.1 Å². The molecule has 1 aliphatic heterocycles. The molecular weight excluding hydrogens is 236 g/mol. The average molecular weight is 254 g/mol. The van der Waals surface area contributed by atoms with Gasteiger partial charge in [-0.15, -0.1) is 0 Å². The van der Waals surface area contributed by atoms with Gasteiger partial charge in [-0.1, -0.05) is 6.08 Å². The van der Waals surface area contributed by atoms with E-state index in [-0.39, 0.29) is 23.8 Å². The van der Waals surface area contributed by atoms with Crippen LogP contribution in [0.3, 0.4) is 0 Å². The van der Waals surface area contributed by atoms with E-state index >= 15 is 0 Å². The highest BCUT2D eigenvalue weighted by molar-refractivity contribution is 6.00. The van der Waals surface area contributed by atoms with Gasteiger partial charge in [-0.25, -0.2) is 4.79 Å². The van der Waals surface area contributed by atoms with Crippen molar-refractivity contribution in [2.45, 2.75) is 25.8 Å². The number of imide groups is 1. The number of likely N-dealkylation sites (N-methyl/N-ethyl adjacent to an activating group) is 1. The zero-order valence-electron chi connectivity index (χ0n) is 10.9. The van der Waals surface area contributed by atoms with Crippen LogP contribution in [-0.4, -0.2) is 49.4 Å². The number of ether oxygens (including phenoxy) is 1. The molecule has 6 nitrogen and oxygen atoms in total. The summed E-state index contributed by atoms with van der Waals surface area (Å²) < 4.78 is 4.55. The van der Waals surface area contributed by atoms with Gasteiger partial charge in [0.25, 0.3) is 0 Å². The summed E-state index contributed by atoms with van der Waals surface area (Å²) in [5, 5.41) is 3.00. The fourth-order valence-electron chi connectivity index (χ4n) is 1.70. The summed E-state index contributed by atoms with van der Waals surface area (Å²) in [5.74, 6) is -0.770. The Bertz CT molecular complexity index is 390. The van der Waals surface area contributed by atoms with E-state index in [0.29, 0.717) is 25.0 Å². The molecule has 2 amide bonds. The predicted molar refractivity (Wildman–Crippen MR) is 64.6 cm³/mol. The molecule has 1 fully saturated rings. The molecule has 1 rings (SSSR count). The molecule has 0 aromatic heterocycles. The maximum Gasteiger partial charge on any atom is 0.333 e. The van der Waals surface area contributed by atoms with Crippen molar-refractivity contribution in [3.8, 4) is 0 Å². The molecule has 1 N–H and O–H groups in total. The molecule has 1 aliphatic rings. The van der Waals surface area contributed by atoms with E-state index in [0.717, 1.165) is 4.90 Å². The molecule has 0 aliphatic carbocycles. The molecule has 100 valence electrons. The average Bonchev–Trinajstić information content (AvgIpc) is 2.37. The number of methoxy groups -OCH3 is 1. The molecule has 6 heteroatoms. The van der Waals surface area contributed by atoms with Gasteiger partial charge < -0.3 is 10.1 Å². The first-order valence-electron chi connectivity index (χ1n) is 5.76. The molecular formula is C12H18N2O4. The van der Waals surface area contributed by atoms with Crippen molar-refractivity contribution in [1.82, 2.24) is 10.2 Å². The Balaban J connectivity index is 2.47. The molecule has 1 unspecified atom stereocenters. The Morgan fingerprint density at radius 2 is 2.22 bits per heavy atom. The van der Waals surface area contributed by atoms with Crippen molar-refractivity contribution in [3.63, 3.8) is 0 Å². The van der Waals surface area contributed by atoms with Gasteiger partial charge in [0.15, 0.2) is 0 Å². The maximum absolute atomic E-state index is 11.7. The Hall–Kier alpha value is -1.69. The number of piperidine rings is 1. The van der Waals surface area contributed by atoms with Crippen LogP contribution >= 0.6 is 0 Å². The Kier molecular flexibility index (Phi) is 5.03. The van der Waals surface area contributed by atoms with E-state index in [2.05, 4.69) is 10.1 Å². The first-order valence-corrected chi connectivity index (χ1v) is 5.76. The number of hydrogen-bond acceptors (Lipinski definition) is 5. The smallest absolute Gasteiger partial charge is 0.333 e. The zero-order valence-corrected chi connectivity index (χ0v) is 10.9. The summed E-state index contributed by atoms with van der Waals surface area (Å²) in [6.07, 6.45) is 2.52. The van der Waals surface area contributed by atoms with Crippen LogP contribution in [-0.2, 0) is 19.1 Å². The zero-order chi connectivity index (χ0) is 13.7. The SMILES string of the molecule is COC(=O)C(C)=CCNC1CCC(=O)N(C)C1=O. The lowest BCUT2D eigenvalue weighted by Gasteiger charge is -2.27.